The molecular formula is C16H17ClN2O2. The summed E-state index contributed by atoms with van der Waals surface area (Å²) in [5.41, 5.74) is 5.95. The first-order chi connectivity index (χ1) is 9.95. The number of hydrogen-bond acceptors (Lipinski definition) is 3. The van der Waals surface area contributed by atoms with Gasteiger partial charge in [0.2, 0.25) is 5.91 Å². The fourth-order valence-corrected chi connectivity index (χ4v) is 2.26. The van der Waals surface area contributed by atoms with Crippen LogP contribution in [-0.4, -0.2) is 13.0 Å². The predicted molar refractivity (Wildman–Crippen MR) is 84.6 cm³/mol. The topological polar surface area (TPSA) is 64.3 Å². The van der Waals surface area contributed by atoms with Crippen molar-refractivity contribution in [2.24, 2.45) is 5.73 Å². The van der Waals surface area contributed by atoms with E-state index in [0.717, 1.165) is 5.69 Å². The maximum absolute atomic E-state index is 12.0. The summed E-state index contributed by atoms with van der Waals surface area (Å²) in [6, 6.07) is 14.4. The van der Waals surface area contributed by atoms with Crippen molar-refractivity contribution in [2.75, 3.05) is 12.4 Å². The Bertz CT molecular complexity index is 660. The Morgan fingerprint density at radius 2 is 1.95 bits per heavy atom. The average molecular weight is 305 g/mol. The van der Waals surface area contributed by atoms with Crippen molar-refractivity contribution in [1.82, 2.24) is 0 Å². The zero-order valence-electron chi connectivity index (χ0n) is 11.9. The summed E-state index contributed by atoms with van der Waals surface area (Å²) < 4.78 is 5.18. The first-order valence-corrected chi connectivity index (χ1v) is 6.81. The van der Waals surface area contributed by atoms with Crippen molar-refractivity contribution in [3.63, 3.8) is 0 Å². The molecule has 1 unspecified atom stereocenters. The molecule has 0 bridgehead atoms. The van der Waals surface area contributed by atoms with Crippen LogP contribution in [0, 0.1) is 0 Å². The van der Waals surface area contributed by atoms with Crippen molar-refractivity contribution in [1.29, 1.82) is 0 Å². The van der Waals surface area contributed by atoms with Crippen LogP contribution in [0.3, 0.4) is 0 Å². The molecule has 0 aromatic heterocycles. The number of amides is 1. The Morgan fingerprint density at radius 3 is 2.57 bits per heavy atom. The molecule has 0 saturated heterocycles. The molecule has 0 aliphatic rings. The maximum atomic E-state index is 12.0. The summed E-state index contributed by atoms with van der Waals surface area (Å²) in [6.07, 6.45) is 0. The van der Waals surface area contributed by atoms with Crippen molar-refractivity contribution in [2.45, 2.75) is 12.5 Å². The lowest BCUT2D eigenvalue weighted by atomic mass is 9.91. The molecule has 21 heavy (non-hydrogen) atoms. The van der Waals surface area contributed by atoms with Gasteiger partial charge in [-0.25, -0.2) is 0 Å². The van der Waals surface area contributed by atoms with E-state index in [1.165, 1.54) is 0 Å². The van der Waals surface area contributed by atoms with Crippen molar-refractivity contribution in [3.05, 3.63) is 59.1 Å². The van der Waals surface area contributed by atoms with Crippen LogP contribution < -0.4 is 15.8 Å². The number of halogens is 1. The van der Waals surface area contributed by atoms with E-state index in [9.17, 15) is 4.79 Å². The van der Waals surface area contributed by atoms with Gasteiger partial charge < -0.3 is 15.8 Å². The molecule has 0 saturated carbocycles. The largest absolute Gasteiger partial charge is 0.497 e. The molecule has 5 heteroatoms. The molecule has 2 aromatic rings. The SMILES string of the molecule is COc1cccc(NC(C)(C(N)=O)c2cccc(Cl)c2)c1. The standard InChI is InChI=1S/C16H17ClN2O2/c1-16(15(18)20,11-5-3-6-12(17)9-11)19-13-7-4-8-14(10-13)21-2/h3-10,19H,1-2H3,(H2,18,20). The third kappa shape index (κ3) is 3.28. The molecule has 1 amide bonds. The number of methoxy groups -OCH3 is 1. The van der Waals surface area contributed by atoms with Gasteiger partial charge in [0, 0.05) is 16.8 Å². The van der Waals surface area contributed by atoms with Crippen LogP contribution in [-0.2, 0) is 10.3 Å². The number of primary amides is 1. The van der Waals surface area contributed by atoms with Crippen LogP contribution in [0.4, 0.5) is 5.69 Å². The minimum absolute atomic E-state index is 0.493. The highest BCUT2D eigenvalue weighted by atomic mass is 35.5. The summed E-state index contributed by atoms with van der Waals surface area (Å²) >= 11 is 6.01. The molecule has 2 aromatic carbocycles. The molecule has 1 atom stereocenters. The molecule has 2 rings (SSSR count). The zero-order chi connectivity index (χ0) is 15.5. The van der Waals surface area contributed by atoms with E-state index in [2.05, 4.69) is 5.32 Å². The first kappa shape index (κ1) is 15.2. The average Bonchev–Trinajstić information content (AvgIpc) is 2.47. The first-order valence-electron chi connectivity index (χ1n) is 6.44. The molecule has 4 nitrogen and oxygen atoms in total. The smallest absolute Gasteiger partial charge is 0.247 e. The van der Waals surface area contributed by atoms with Crippen molar-refractivity contribution < 1.29 is 9.53 Å². The van der Waals surface area contributed by atoms with Crippen LogP contribution in [0.5, 0.6) is 5.75 Å². The lowest BCUT2D eigenvalue weighted by Crippen LogP contribution is -2.45. The van der Waals surface area contributed by atoms with E-state index in [1.807, 2.05) is 24.3 Å². The molecule has 0 heterocycles. The number of rotatable bonds is 5. The maximum Gasteiger partial charge on any atom is 0.247 e. The van der Waals surface area contributed by atoms with Gasteiger partial charge in [-0.3, -0.25) is 4.79 Å². The molecule has 0 aliphatic carbocycles. The van der Waals surface area contributed by atoms with E-state index in [1.54, 1.807) is 38.3 Å². The van der Waals surface area contributed by atoms with Gasteiger partial charge in [0.1, 0.15) is 11.3 Å². The summed E-state index contributed by atoms with van der Waals surface area (Å²) in [7, 11) is 1.59. The van der Waals surface area contributed by atoms with Gasteiger partial charge in [-0.2, -0.15) is 0 Å². The molecule has 0 fully saturated rings. The Balaban J connectivity index is 2.40. The Morgan fingerprint density at radius 1 is 1.24 bits per heavy atom. The van der Waals surface area contributed by atoms with Gasteiger partial charge >= 0.3 is 0 Å². The van der Waals surface area contributed by atoms with Gasteiger partial charge in [0.05, 0.1) is 7.11 Å². The third-order valence-corrected chi connectivity index (χ3v) is 3.59. The van der Waals surface area contributed by atoms with Crippen LogP contribution in [0.2, 0.25) is 5.02 Å². The third-order valence-electron chi connectivity index (χ3n) is 3.36. The van der Waals surface area contributed by atoms with Gasteiger partial charge in [0.15, 0.2) is 0 Å². The van der Waals surface area contributed by atoms with Crippen molar-refractivity contribution >= 4 is 23.2 Å². The molecule has 0 spiro atoms. The summed E-state index contributed by atoms with van der Waals surface area (Å²) in [4.78, 5) is 12.0. The van der Waals surface area contributed by atoms with E-state index < -0.39 is 11.4 Å². The number of ether oxygens (including phenoxy) is 1. The lowest BCUT2D eigenvalue weighted by Gasteiger charge is -2.29. The van der Waals surface area contributed by atoms with Crippen LogP contribution in [0.1, 0.15) is 12.5 Å². The minimum Gasteiger partial charge on any atom is -0.497 e. The number of benzene rings is 2. The van der Waals surface area contributed by atoms with Crippen molar-refractivity contribution in [3.8, 4) is 5.75 Å². The zero-order valence-corrected chi connectivity index (χ0v) is 12.6. The number of carbonyl (C=O) groups is 1. The summed E-state index contributed by atoms with van der Waals surface area (Å²) in [5.74, 6) is 0.200. The Hall–Kier alpha value is -2.20. The predicted octanol–water partition coefficient (Wildman–Crippen LogP) is 3.16. The Labute approximate surface area is 128 Å². The quantitative estimate of drug-likeness (QED) is 0.892. The van der Waals surface area contributed by atoms with E-state index in [-0.39, 0.29) is 0 Å². The number of nitrogens with one attached hydrogen (secondary N) is 1. The van der Waals surface area contributed by atoms with Gasteiger partial charge in [-0.05, 0) is 36.8 Å². The second-order valence-corrected chi connectivity index (χ2v) is 5.29. The monoisotopic (exact) mass is 304 g/mol. The highest BCUT2D eigenvalue weighted by Gasteiger charge is 2.33. The second kappa shape index (κ2) is 6.06. The molecule has 3 N–H and O–H groups in total. The molecule has 0 radical (unpaired) electrons. The number of hydrogen-bond donors (Lipinski definition) is 2. The van der Waals surface area contributed by atoms with E-state index >= 15 is 0 Å². The minimum atomic E-state index is -1.07. The lowest BCUT2D eigenvalue weighted by molar-refractivity contribution is -0.122. The highest BCUT2D eigenvalue weighted by molar-refractivity contribution is 6.30. The van der Waals surface area contributed by atoms with Crippen LogP contribution in [0.25, 0.3) is 0 Å². The number of anilines is 1. The van der Waals surface area contributed by atoms with Crippen LogP contribution >= 0.6 is 11.6 Å². The van der Waals surface area contributed by atoms with Gasteiger partial charge in [-0.15, -0.1) is 0 Å². The fraction of sp³-hybridized carbons (Fsp3) is 0.188. The number of nitrogens with two attached hydrogens (primary N) is 1. The Kier molecular flexibility index (Phi) is 4.38. The fourth-order valence-electron chi connectivity index (χ4n) is 2.07. The van der Waals surface area contributed by atoms with Crippen LogP contribution in [0.15, 0.2) is 48.5 Å². The van der Waals surface area contributed by atoms with Gasteiger partial charge in [0.25, 0.3) is 0 Å². The number of carbonyl (C=O) groups excluding carboxylic acids is 1. The molecule has 0 aliphatic heterocycles. The van der Waals surface area contributed by atoms with Gasteiger partial charge in [-0.1, -0.05) is 29.8 Å². The summed E-state index contributed by atoms with van der Waals surface area (Å²) in [5, 5.41) is 3.71. The molecule has 110 valence electrons. The molecular weight excluding hydrogens is 288 g/mol. The normalized spacial score (nSPS) is 13.3. The van der Waals surface area contributed by atoms with E-state index in [4.69, 9.17) is 22.1 Å². The summed E-state index contributed by atoms with van der Waals surface area (Å²) in [6.45, 7) is 1.72. The van der Waals surface area contributed by atoms with E-state index in [0.29, 0.717) is 16.3 Å². The highest BCUT2D eigenvalue weighted by Crippen LogP contribution is 2.29. The second-order valence-electron chi connectivity index (χ2n) is 4.86.